The van der Waals surface area contributed by atoms with E-state index >= 15 is 0 Å². The molecule has 0 saturated carbocycles. The van der Waals surface area contributed by atoms with Gasteiger partial charge in [-0.2, -0.15) is 5.26 Å². The number of anilines is 2. The molecule has 2 aromatic rings. The standard InChI is InChI=1S/C22H25ClN4O2/c1-3-27-20-13-17(29-4-2)9-10-18(20)19(14-24)21(27)15-5-7-16(8-6-15)26-22(28)25-12-11-23/h5-10,13,19,21H,3-4,11-12H2,1-2H3,(H2,25,26,28). The zero-order chi connectivity index (χ0) is 20.8. The molecule has 0 fully saturated rings. The summed E-state index contributed by atoms with van der Waals surface area (Å²) in [5, 5.41) is 15.3. The van der Waals surface area contributed by atoms with Crippen LogP contribution < -0.4 is 20.3 Å². The van der Waals surface area contributed by atoms with Gasteiger partial charge in [-0.25, -0.2) is 4.79 Å². The largest absolute Gasteiger partial charge is 0.494 e. The van der Waals surface area contributed by atoms with Crippen LogP contribution in [-0.2, 0) is 0 Å². The maximum absolute atomic E-state index is 11.8. The van der Waals surface area contributed by atoms with Crippen LogP contribution in [0.15, 0.2) is 42.5 Å². The van der Waals surface area contributed by atoms with Crippen molar-refractivity contribution in [2.24, 2.45) is 0 Å². The molecule has 29 heavy (non-hydrogen) atoms. The smallest absolute Gasteiger partial charge is 0.319 e. The molecular formula is C22H25ClN4O2. The molecule has 2 N–H and O–H groups in total. The van der Waals surface area contributed by atoms with Gasteiger partial charge in [0.05, 0.1) is 24.6 Å². The first-order chi connectivity index (χ1) is 14.1. The number of carbonyl (C=O) groups is 1. The second-order valence-corrected chi connectivity index (χ2v) is 7.06. The number of alkyl halides is 1. The third kappa shape index (κ3) is 4.41. The summed E-state index contributed by atoms with van der Waals surface area (Å²) in [6.45, 7) is 5.82. The number of nitriles is 1. The molecule has 1 aliphatic rings. The fraction of sp³-hybridized carbons (Fsp3) is 0.364. The van der Waals surface area contributed by atoms with Crippen molar-refractivity contribution < 1.29 is 9.53 Å². The van der Waals surface area contributed by atoms with Crippen LogP contribution in [0.2, 0.25) is 0 Å². The van der Waals surface area contributed by atoms with E-state index in [1.54, 1.807) is 0 Å². The van der Waals surface area contributed by atoms with Gasteiger partial charge in [0.1, 0.15) is 5.75 Å². The van der Waals surface area contributed by atoms with Crippen molar-refractivity contribution in [3.8, 4) is 11.8 Å². The predicted octanol–water partition coefficient (Wildman–Crippen LogP) is 4.63. The van der Waals surface area contributed by atoms with Crippen molar-refractivity contribution in [3.63, 3.8) is 0 Å². The third-order valence-corrected chi connectivity index (χ3v) is 5.17. The van der Waals surface area contributed by atoms with Crippen molar-refractivity contribution in [1.82, 2.24) is 5.32 Å². The summed E-state index contributed by atoms with van der Waals surface area (Å²) in [4.78, 5) is 14.0. The molecule has 2 atom stereocenters. The van der Waals surface area contributed by atoms with Crippen LogP contribution >= 0.6 is 11.6 Å². The second kappa shape index (κ2) is 9.53. The molecule has 3 rings (SSSR count). The van der Waals surface area contributed by atoms with E-state index in [-0.39, 0.29) is 18.0 Å². The zero-order valence-corrected chi connectivity index (χ0v) is 17.4. The fourth-order valence-electron chi connectivity index (χ4n) is 3.77. The van der Waals surface area contributed by atoms with Crippen LogP contribution in [0, 0.1) is 11.3 Å². The van der Waals surface area contributed by atoms with Gasteiger partial charge in [-0.3, -0.25) is 0 Å². The molecule has 0 spiro atoms. The zero-order valence-electron chi connectivity index (χ0n) is 16.6. The number of amides is 2. The summed E-state index contributed by atoms with van der Waals surface area (Å²) < 4.78 is 5.65. The number of hydrogen-bond acceptors (Lipinski definition) is 4. The summed E-state index contributed by atoms with van der Waals surface area (Å²) in [7, 11) is 0. The highest BCUT2D eigenvalue weighted by atomic mass is 35.5. The molecule has 2 unspecified atom stereocenters. The lowest BCUT2D eigenvalue weighted by atomic mass is 9.91. The molecule has 0 aliphatic carbocycles. The highest BCUT2D eigenvalue weighted by Crippen LogP contribution is 2.49. The SMILES string of the molecule is CCOc1ccc2c(c1)N(CC)C(c1ccc(NC(=O)NCCCl)cc1)C2C#N. The monoisotopic (exact) mass is 412 g/mol. The van der Waals surface area contributed by atoms with Crippen molar-refractivity contribution in [1.29, 1.82) is 5.26 Å². The van der Waals surface area contributed by atoms with Crippen LogP contribution in [0.3, 0.4) is 0 Å². The number of nitrogens with zero attached hydrogens (tertiary/aromatic N) is 2. The summed E-state index contributed by atoms with van der Waals surface area (Å²) in [6.07, 6.45) is 0. The molecule has 0 radical (unpaired) electrons. The van der Waals surface area contributed by atoms with E-state index in [4.69, 9.17) is 16.3 Å². The average molecular weight is 413 g/mol. The average Bonchev–Trinajstić information content (AvgIpc) is 3.05. The molecule has 2 aromatic carbocycles. The Morgan fingerprint density at radius 2 is 2.00 bits per heavy atom. The number of halogens is 1. The maximum Gasteiger partial charge on any atom is 0.319 e. The minimum Gasteiger partial charge on any atom is -0.494 e. The molecule has 2 amide bonds. The van der Waals surface area contributed by atoms with Gasteiger partial charge in [0.15, 0.2) is 0 Å². The van der Waals surface area contributed by atoms with Gasteiger partial charge in [-0.1, -0.05) is 18.2 Å². The van der Waals surface area contributed by atoms with Gasteiger partial charge in [-0.05, 0) is 43.2 Å². The number of nitrogens with one attached hydrogen (secondary N) is 2. The normalized spacial score (nSPS) is 17.4. The Labute approximate surface area is 176 Å². The highest BCUT2D eigenvalue weighted by Gasteiger charge is 2.39. The van der Waals surface area contributed by atoms with E-state index in [1.165, 1.54) is 0 Å². The first-order valence-corrected chi connectivity index (χ1v) is 10.3. The second-order valence-electron chi connectivity index (χ2n) is 6.68. The Morgan fingerprint density at radius 3 is 2.62 bits per heavy atom. The summed E-state index contributed by atoms with van der Waals surface area (Å²) >= 11 is 5.58. The molecule has 152 valence electrons. The quantitative estimate of drug-likeness (QED) is 0.650. The van der Waals surface area contributed by atoms with Crippen molar-refractivity contribution in [2.45, 2.75) is 25.8 Å². The maximum atomic E-state index is 11.8. The number of benzene rings is 2. The molecular weight excluding hydrogens is 388 g/mol. The van der Waals surface area contributed by atoms with Crippen LogP contribution in [0.5, 0.6) is 5.75 Å². The number of ether oxygens (including phenoxy) is 1. The Kier molecular flexibility index (Phi) is 6.84. The minimum absolute atomic E-state index is 0.0870. The Bertz CT molecular complexity index is 895. The predicted molar refractivity (Wildman–Crippen MR) is 116 cm³/mol. The molecule has 0 aromatic heterocycles. The van der Waals surface area contributed by atoms with Gasteiger partial charge < -0.3 is 20.3 Å². The van der Waals surface area contributed by atoms with E-state index in [0.717, 1.165) is 29.1 Å². The van der Waals surface area contributed by atoms with Crippen LogP contribution in [-0.4, -0.2) is 31.6 Å². The van der Waals surface area contributed by atoms with Crippen LogP contribution in [0.1, 0.15) is 36.9 Å². The molecule has 1 heterocycles. The summed E-state index contributed by atoms with van der Waals surface area (Å²) in [5.74, 6) is 0.901. The number of likely N-dealkylation sites (N-methyl/N-ethyl adjacent to an activating group) is 1. The molecule has 6 nitrogen and oxygen atoms in total. The Hall–Kier alpha value is -2.91. The highest BCUT2D eigenvalue weighted by molar-refractivity contribution is 6.18. The first-order valence-electron chi connectivity index (χ1n) is 9.76. The molecule has 7 heteroatoms. The van der Waals surface area contributed by atoms with E-state index in [0.29, 0.717) is 24.7 Å². The van der Waals surface area contributed by atoms with E-state index in [9.17, 15) is 10.1 Å². The lowest BCUT2D eigenvalue weighted by Crippen LogP contribution is -2.30. The minimum atomic E-state index is -0.291. The Morgan fingerprint density at radius 1 is 1.24 bits per heavy atom. The lowest BCUT2D eigenvalue weighted by molar-refractivity contribution is 0.252. The summed E-state index contributed by atoms with van der Waals surface area (Å²) in [6, 6.07) is 15.7. The van der Waals surface area contributed by atoms with Gasteiger partial charge in [0.25, 0.3) is 0 Å². The number of urea groups is 1. The molecule has 1 aliphatic heterocycles. The van der Waals surface area contributed by atoms with E-state index < -0.39 is 0 Å². The van der Waals surface area contributed by atoms with Crippen molar-refractivity contribution >= 4 is 29.0 Å². The number of hydrogen-bond donors (Lipinski definition) is 2. The van der Waals surface area contributed by atoms with E-state index in [2.05, 4.69) is 28.5 Å². The molecule has 0 saturated heterocycles. The third-order valence-electron chi connectivity index (χ3n) is 4.98. The first kappa shape index (κ1) is 20.8. The van der Waals surface area contributed by atoms with Crippen molar-refractivity contribution in [2.75, 3.05) is 35.8 Å². The van der Waals surface area contributed by atoms with Gasteiger partial charge >= 0.3 is 6.03 Å². The number of rotatable bonds is 7. The summed E-state index contributed by atoms with van der Waals surface area (Å²) in [5.41, 5.74) is 3.77. The Balaban J connectivity index is 1.85. The van der Waals surface area contributed by atoms with Gasteiger partial charge in [-0.15, -0.1) is 11.6 Å². The van der Waals surface area contributed by atoms with Gasteiger partial charge in [0, 0.05) is 36.4 Å². The van der Waals surface area contributed by atoms with Crippen molar-refractivity contribution in [3.05, 3.63) is 53.6 Å². The number of carbonyl (C=O) groups excluding carboxylic acids is 1. The van der Waals surface area contributed by atoms with E-state index in [1.807, 2.05) is 49.4 Å². The van der Waals surface area contributed by atoms with Gasteiger partial charge in [0.2, 0.25) is 0 Å². The van der Waals surface area contributed by atoms with Crippen LogP contribution in [0.25, 0.3) is 0 Å². The van der Waals surface area contributed by atoms with Crippen LogP contribution in [0.4, 0.5) is 16.2 Å². The fourth-order valence-corrected chi connectivity index (χ4v) is 3.87. The lowest BCUT2D eigenvalue weighted by Gasteiger charge is -2.28. The topological polar surface area (TPSA) is 77.4 Å². The molecule has 0 bridgehead atoms. The number of fused-ring (bicyclic) bond motifs is 1.